The number of carbonyl (C=O) groups is 1. The number of aromatic nitrogens is 2. The van der Waals surface area contributed by atoms with Gasteiger partial charge < -0.3 is 15.2 Å². The van der Waals surface area contributed by atoms with Crippen molar-refractivity contribution in [2.75, 3.05) is 24.7 Å². The van der Waals surface area contributed by atoms with E-state index in [0.29, 0.717) is 18.8 Å². The third kappa shape index (κ3) is 3.07. The smallest absolute Gasteiger partial charge is 0.245 e. The first kappa shape index (κ1) is 16.7. The van der Waals surface area contributed by atoms with Gasteiger partial charge in [-0.25, -0.2) is 13.4 Å². The van der Waals surface area contributed by atoms with Crippen LogP contribution in [0.5, 0.6) is 0 Å². The van der Waals surface area contributed by atoms with Gasteiger partial charge in [0.2, 0.25) is 5.91 Å². The Morgan fingerprint density at radius 2 is 1.92 bits per heavy atom. The van der Waals surface area contributed by atoms with Crippen molar-refractivity contribution in [1.29, 1.82) is 0 Å². The largest absolute Gasteiger partial charge is 0.325 e. The zero-order chi connectivity index (χ0) is 17.2. The number of sulfone groups is 1. The summed E-state index contributed by atoms with van der Waals surface area (Å²) >= 11 is 0. The minimum Gasteiger partial charge on any atom is -0.325 e. The number of imidazole rings is 1. The fourth-order valence-electron chi connectivity index (χ4n) is 2.97. The summed E-state index contributed by atoms with van der Waals surface area (Å²) in [6.45, 7) is 1.03. The molecule has 1 saturated heterocycles. The molecule has 2 heterocycles. The molecule has 128 valence electrons. The second-order valence-electron chi connectivity index (χ2n) is 5.99. The predicted molar refractivity (Wildman–Crippen MR) is 91.9 cm³/mol. The lowest BCUT2D eigenvalue weighted by Crippen LogP contribution is -2.55. The molecule has 2 N–H and O–H groups in total. The van der Waals surface area contributed by atoms with Gasteiger partial charge in [0, 0.05) is 30.0 Å². The van der Waals surface area contributed by atoms with Crippen LogP contribution in [0.2, 0.25) is 0 Å². The lowest BCUT2D eigenvalue weighted by atomic mass is 9.95. The fraction of sp³-hybridized carbons (Fsp3) is 0.375. The average Bonchev–Trinajstić information content (AvgIpc) is 3.09. The van der Waals surface area contributed by atoms with Crippen molar-refractivity contribution >= 4 is 21.4 Å². The second-order valence-corrected chi connectivity index (χ2v) is 8.31. The molecule has 1 amide bonds. The van der Waals surface area contributed by atoms with Gasteiger partial charge in [-0.15, -0.1) is 0 Å². The highest BCUT2D eigenvalue weighted by molar-refractivity contribution is 7.92. The molecule has 0 bridgehead atoms. The Hall–Kier alpha value is -2.19. The lowest BCUT2D eigenvalue weighted by molar-refractivity contribution is -0.119. The van der Waals surface area contributed by atoms with Crippen LogP contribution >= 0.6 is 0 Å². The number of rotatable bonds is 4. The lowest BCUT2D eigenvalue weighted by Gasteiger charge is -2.34. The monoisotopic (exact) mass is 348 g/mol. The molecule has 0 atom stereocenters. The molecule has 24 heavy (non-hydrogen) atoms. The molecule has 1 aliphatic heterocycles. The molecule has 0 aliphatic carbocycles. The number of piperidine rings is 1. The van der Waals surface area contributed by atoms with Gasteiger partial charge >= 0.3 is 0 Å². The van der Waals surface area contributed by atoms with E-state index in [-0.39, 0.29) is 12.8 Å². The average molecular weight is 348 g/mol. The molecule has 0 radical (unpaired) electrons. The van der Waals surface area contributed by atoms with Crippen LogP contribution in [0.15, 0.2) is 43.0 Å². The van der Waals surface area contributed by atoms with Crippen LogP contribution < -0.4 is 10.6 Å². The van der Waals surface area contributed by atoms with E-state index >= 15 is 0 Å². The standard InChI is InChI=1S/C16H20N4O3S/c1-24(22,23)16(6-8-17-9-7-16)15(21)19-13-2-4-14(5-3-13)20-11-10-18-12-20/h2-5,10-12,17H,6-9H2,1H3,(H,19,21). The molecule has 1 fully saturated rings. The number of hydrogen-bond donors (Lipinski definition) is 2. The Morgan fingerprint density at radius 3 is 2.46 bits per heavy atom. The SMILES string of the molecule is CS(=O)(=O)C1(C(=O)Nc2ccc(-n3ccnc3)cc2)CCNCC1. The molecule has 0 saturated carbocycles. The molecule has 1 aliphatic rings. The Balaban J connectivity index is 1.80. The molecule has 0 unspecified atom stereocenters. The molecule has 3 rings (SSSR count). The number of nitrogens with zero attached hydrogens (tertiary/aromatic N) is 2. The van der Waals surface area contributed by atoms with Crippen LogP contribution in [-0.4, -0.2) is 48.0 Å². The molecule has 8 heteroatoms. The van der Waals surface area contributed by atoms with Crippen LogP contribution in [0, 0.1) is 0 Å². The van der Waals surface area contributed by atoms with Gasteiger partial charge in [-0.1, -0.05) is 0 Å². The van der Waals surface area contributed by atoms with Crippen LogP contribution in [-0.2, 0) is 14.6 Å². The highest BCUT2D eigenvalue weighted by Crippen LogP contribution is 2.29. The van der Waals surface area contributed by atoms with Crippen LogP contribution in [0.4, 0.5) is 5.69 Å². The van der Waals surface area contributed by atoms with Crippen molar-refractivity contribution in [3.8, 4) is 5.69 Å². The zero-order valence-corrected chi connectivity index (χ0v) is 14.2. The van der Waals surface area contributed by atoms with Crippen molar-refractivity contribution in [2.24, 2.45) is 0 Å². The maximum absolute atomic E-state index is 12.7. The van der Waals surface area contributed by atoms with Gasteiger partial charge in [0.25, 0.3) is 0 Å². The Bertz CT molecular complexity index is 808. The van der Waals surface area contributed by atoms with E-state index in [1.54, 1.807) is 24.7 Å². The van der Waals surface area contributed by atoms with E-state index in [2.05, 4.69) is 15.6 Å². The number of amides is 1. The maximum atomic E-state index is 12.7. The van der Waals surface area contributed by atoms with E-state index in [4.69, 9.17) is 0 Å². The van der Waals surface area contributed by atoms with Gasteiger partial charge in [-0.05, 0) is 50.2 Å². The number of hydrogen-bond acceptors (Lipinski definition) is 5. The summed E-state index contributed by atoms with van der Waals surface area (Å²) in [4.78, 5) is 16.7. The molecular formula is C16H20N4O3S. The summed E-state index contributed by atoms with van der Waals surface area (Å²) in [6, 6.07) is 7.19. The number of benzene rings is 1. The molecule has 7 nitrogen and oxygen atoms in total. The van der Waals surface area contributed by atoms with Crippen LogP contribution in [0.25, 0.3) is 5.69 Å². The number of nitrogens with one attached hydrogen (secondary N) is 2. The number of anilines is 1. The van der Waals surface area contributed by atoms with E-state index < -0.39 is 20.5 Å². The van der Waals surface area contributed by atoms with E-state index in [1.807, 2.05) is 22.9 Å². The Morgan fingerprint density at radius 1 is 1.25 bits per heavy atom. The summed E-state index contributed by atoms with van der Waals surface area (Å²) in [5.74, 6) is -0.457. The summed E-state index contributed by atoms with van der Waals surface area (Å²) in [6.07, 6.45) is 6.89. The van der Waals surface area contributed by atoms with E-state index in [1.165, 1.54) is 0 Å². The summed E-state index contributed by atoms with van der Waals surface area (Å²) in [5.41, 5.74) is 1.48. The third-order valence-corrected chi connectivity index (χ3v) is 6.48. The molecular weight excluding hydrogens is 328 g/mol. The molecule has 1 aromatic carbocycles. The first-order chi connectivity index (χ1) is 11.4. The van der Waals surface area contributed by atoms with Gasteiger partial charge in [0.15, 0.2) is 14.6 Å². The van der Waals surface area contributed by atoms with Crippen molar-refractivity contribution in [1.82, 2.24) is 14.9 Å². The molecule has 0 spiro atoms. The van der Waals surface area contributed by atoms with Gasteiger partial charge in [-0.3, -0.25) is 4.79 Å². The van der Waals surface area contributed by atoms with Gasteiger partial charge in [0.1, 0.15) is 0 Å². The summed E-state index contributed by atoms with van der Waals surface area (Å²) < 4.78 is 25.0. The third-order valence-electron chi connectivity index (χ3n) is 4.46. The second kappa shape index (κ2) is 6.37. The van der Waals surface area contributed by atoms with E-state index in [0.717, 1.165) is 11.9 Å². The highest BCUT2D eigenvalue weighted by atomic mass is 32.2. The highest BCUT2D eigenvalue weighted by Gasteiger charge is 2.48. The quantitative estimate of drug-likeness (QED) is 0.859. The first-order valence-electron chi connectivity index (χ1n) is 7.73. The minimum atomic E-state index is -3.51. The van der Waals surface area contributed by atoms with Gasteiger partial charge in [-0.2, -0.15) is 0 Å². The number of carbonyl (C=O) groups excluding carboxylic acids is 1. The fourth-order valence-corrected chi connectivity index (χ4v) is 4.30. The minimum absolute atomic E-state index is 0.283. The topological polar surface area (TPSA) is 93.1 Å². The summed E-state index contributed by atoms with van der Waals surface area (Å²) in [7, 11) is -3.51. The Kier molecular flexibility index (Phi) is 4.42. The van der Waals surface area contributed by atoms with Crippen molar-refractivity contribution in [2.45, 2.75) is 17.6 Å². The van der Waals surface area contributed by atoms with Crippen LogP contribution in [0.3, 0.4) is 0 Å². The summed E-state index contributed by atoms with van der Waals surface area (Å²) in [5, 5.41) is 5.86. The van der Waals surface area contributed by atoms with Crippen LogP contribution in [0.1, 0.15) is 12.8 Å². The predicted octanol–water partition coefficient (Wildman–Crippen LogP) is 0.978. The zero-order valence-electron chi connectivity index (χ0n) is 13.4. The van der Waals surface area contributed by atoms with Gasteiger partial charge in [0.05, 0.1) is 6.33 Å². The first-order valence-corrected chi connectivity index (χ1v) is 9.62. The maximum Gasteiger partial charge on any atom is 0.245 e. The normalized spacial score (nSPS) is 17.4. The van der Waals surface area contributed by atoms with Crippen molar-refractivity contribution in [3.05, 3.63) is 43.0 Å². The molecule has 1 aromatic heterocycles. The Labute approximate surface area is 141 Å². The molecule has 2 aromatic rings. The van der Waals surface area contributed by atoms with Crippen molar-refractivity contribution < 1.29 is 13.2 Å². The van der Waals surface area contributed by atoms with Crippen molar-refractivity contribution in [3.63, 3.8) is 0 Å². The van der Waals surface area contributed by atoms with E-state index in [9.17, 15) is 13.2 Å².